The molecule has 0 aliphatic rings. The Labute approximate surface area is 141 Å². The highest BCUT2D eigenvalue weighted by Gasteiger charge is 2.14. The number of halogens is 1. The molecule has 1 N–H and O–H groups in total. The third-order valence-electron chi connectivity index (χ3n) is 3.59. The van der Waals surface area contributed by atoms with Gasteiger partial charge < -0.3 is 10.1 Å². The van der Waals surface area contributed by atoms with Crippen molar-refractivity contribution in [3.63, 3.8) is 0 Å². The summed E-state index contributed by atoms with van der Waals surface area (Å²) in [5.41, 5.74) is 1.66. The number of aryl methyl sites for hydroxylation is 2. The summed E-state index contributed by atoms with van der Waals surface area (Å²) in [6.45, 7) is 6.01. The van der Waals surface area contributed by atoms with E-state index < -0.39 is 5.82 Å². The maximum atomic E-state index is 14.4. The van der Waals surface area contributed by atoms with E-state index in [-0.39, 0.29) is 18.2 Å². The Morgan fingerprint density at radius 2 is 2.29 bits per heavy atom. The van der Waals surface area contributed by atoms with Crippen LogP contribution in [0.2, 0.25) is 0 Å². The second kappa shape index (κ2) is 8.29. The van der Waals surface area contributed by atoms with Crippen LogP contribution in [0, 0.1) is 5.82 Å². The molecular weight excluding hydrogens is 309 g/mol. The fourth-order valence-electron chi connectivity index (χ4n) is 2.23. The normalized spacial score (nSPS) is 10.5. The van der Waals surface area contributed by atoms with Crippen LogP contribution in [0.4, 0.5) is 4.39 Å². The number of amides is 1. The smallest absolute Gasteiger partial charge is 0.269 e. The van der Waals surface area contributed by atoms with Gasteiger partial charge in [-0.2, -0.15) is 5.10 Å². The summed E-state index contributed by atoms with van der Waals surface area (Å²) in [6, 6.07) is 6.63. The van der Waals surface area contributed by atoms with Gasteiger partial charge in [-0.1, -0.05) is 25.1 Å². The second-order valence-electron chi connectivity index (χ2n) is 5.34. The Hall–Kier alpha value is -2.63. The van der Waals surface area contributed by atoms with Crippen molar-refractivity contribution in [2.75, 3.05) is 6.61 Å². The molecule has 1 amide bonds. The van der Waals surface area contributed by atoms with Crippen molar-refractivity contribution in [2.45, 2.75) is 26.3 Å². The van der Waals surface area contributed by atoms with Gasteiger partial charge in [0.05, 0.1) is 12.3 Å². The number of carbonyl (C=O) groups is 1. The first kappa shape index (κ1) is 17.7. The highest BCUT2D eigenvalue weighted by molar-refractivity contribution is 5.92. The Morgan fingerprint density at radius 1 is 1.50 bits per heavy atom. The van der Waals surface area contributed by atoms with Crippen LogP contribution < -0.4 is 10.1 Å². The summed E-state index contributed by atoms with van der Waals surface area (Å²) < 4.78 is 21.3. The van der Waals surface area contributed by atoms with Crippen molar-refractivity contribution >= 4 is 5.91 Å². The van der Waals surface area contributed by atoms with E-state index >= 15 is 0 Å². The molecule has 0 fully saturated rings. The zero-order valence-electron chi connectivity index (χ0n) is 14.0. The van der Waals surface area contributed by atoms with E-state index in [0.29, 0.717) is 24.3 Å². The summed E-state index contributed by atoms with van der Waals surface area (Å²) in [4.78, 5) is 12.2. The van der Waals surface area contributed by atoms with Crippen molar-refractivity contribution in [3.05, 3.63) is 59.7 Å². The van der Waals surface area contributed by atoms with Gasteiger partial charge in [-0.15, -0.1) is 6.58 Å². The molecule has 6 heteroatoms. The number of benzene rings is 1. The van der Waals surface area contributed by atoms with Crippen LogP contribution in [-0.2, 0) is 20.0 Å². The van der Waals surface area contributed by atoms with Gasteiger partial charge in [0, 0.05) is 19.2 Å². The molecule has 0 aliphatic carbocycles. The maximum Gasteiger partial charge on any atom is 0.269 e. The fourth-order valence-corrected chi connectivity index (χ4v) is 2.23. The number of nitrogens with one attached hydrogen (secondary N) is 1. The van der Waals surface area contributed by atoms with E-state index in [9.17, 15) is 9.18 Å². The first-order valence-corrected chi connectivity index (χ1v) is 7.89. The fraction of sp³-hybridized carbons (Fsp3) is 0.333. The van der Waals surface area contributed by atoms with Crippen molar-refractivity contribution in [1.29, 1.82) is 0 Å². The SMILES string of the molecule is C=CCCOc1cccc(CNC(=O)c2cc(CC)nn2C)c1F. The van der Waals surface area contributed by atoms with Crippen molar-refractivity contribution in [1.82, 2.24) is 15.1 Å². The number of hydrogen-bond donors (Lipinski definition) is 1. The number of rotatable bonds is 8. The first-order valence-electron chi connectivity index (χ1n) is 7.89. The zero-order valence-corrected chi connectivity index (χ0v) is 14.0. The predicted octanol–water partition coefficient (Wildman–Crippen LogP) is 3.01. The van der Waals surface area contributed by atoms with E-state index in [1.54, 1.807) is 37.4 Å². The molecule has 1 aromatic heterocycles. The molecule has 0 bridgehead atoms. The van der Waals surface area contributed by atoms with E-state index in [2.05, 4.69) is 17.0 Å². The molecule has 5 nitrogen and oxygen atoms in total. The number of hydrogen-bond acceptors (Lipinski definition) is 3. The molecule has 1 aromatic carbocycles. The quantitative estimate of drug-likeness (QED) is 0.597. The molecule has 0 unspecified atom stereocenters. The molecule has 128 valence electrons. The third-order valence-corrected chi connectivity index (χ3v) is 3.59. The van der Waals surface area contributed by atoms with E-state index in [1.165, 1.54) is 4.68 Å². The van der Waals surface area contributed by atoms with Gasteiger partial charge in [0.1, 0.15) is 5.69 Å². The van der Waals surface area contributed by atoms with Crippen LogP contribution in [0.15, 0.2) is 36.9 Å². The molecule has 0 aliphatic heterocycles. The Bertz CT molecular complexity index is 725. The molecule has 0 saturated heterocycles. The highest BCUT2D eigenvalue weighted by atomic mass is 19.1. The van der Waals surface area contributed by atoms with Gasteiger partial charge in [0.15, 0.2) is 11.6 Å². The summed E-state index contributed by atoms with van der Waals surface area (Å²) in [6.07, 6.45) is 3.10. The second-order valence-corrected chi connectivity index (χ2v) is 5.34. The highest BCUT2D eigenvalue weighted by Crippen LogP contribution is 2.20. The predicted molar refractivity (Wildman–Crippen MR) is 90.5 cm³/mol. The molecule has 2 aromatic rings. The standard InChI is InChI=1S/C18H22FN3O2/c1-4-6-10-24-16-9-7-8-13(17(16)19)12-20-18(23)15-11-14(5-2)21-22(15)3/h4,7-9,11H,1,5-6,10,12H2,2-3H3,(H,20,23). The van der Waals surface area contributed by atoms with Gasteiger partial charge in [-0.25, -0.2) is 4.39 Å². The van der Waals surface area contributed by atoms with Crippen molar-refractivity contribution < 1.29 is 13.9 Å². The third kappa shape index (κ3) is 4.22. The van der Waals surface area contributed by atoms with E-state index in [0.717, 1.165) is 12.1 Å². The topological polar surface area (TPSA) is 56.1 Å². The van der Waals surface area contributed by atoms with Gasteiger partial charge in [-0.3, -0.25) is 9.48 Å². The molecule has 1 heterocycles. The zero-order chi connectivity index (χ0) is 17.5. The lowest BCUT2D eigenvalue weighted by Gasteiger charge is -2.10. The van der Waals surface area contributed by atoms with Gasteiger partial charge >= 0.3 is 0 Å². The Morgan fingerprint density at radius 3 is 2.96 bits per heavy atom. The summed E-state index contributed by atoms with van der Waals surface area (Å²) >= 11 is 0. The molecule has 0 radical (unpaired) electrons. The lowest BCUT2D eigenvalue weighted by Crippen LogP contribution is -2.25. The molecular formula is C18H22FN3O2. The molecule has 2 rings (SSSR count). The van der Waals surface area contributed by atoms with Crippen LogP contribution >= 0.6 is 0 Å². The van der Waals surface area contributed by atoms with Crippen LogP contribution in [-0.4, -0.2) is 22.3 Å². The Kier molecular flexibility index (Phi) is 6.12. The number of carbonyl (C=O) groups excluding carboxylic acids is 1. The van der Waals surface area contributed by atoms with E-state index in [4.69, 9.17) is 4.74 Å². The minimum absolute atomic E-state index is 0.0793. The molecule has 24 heavy (non-hydrogen) atoms. The van der Waals surface area contributed by atoms with Crippen LogP contribution in [0.1, 0.15) is 35.1 Å². The molecule has 0 saturated carbocycles. The average molecular weight is 331 g/mol. The Balaban J connectivity index is 2.03. The average Bonchev–Trinajstić information content (AvgIpc) is 2.96. The summed E-state index contributed by atoms with van der Waals surface area (Å²) in [7, 11) is 1.71. The first-order chi connectivity index (χ1) is 11.6. The summed E-state index contributed by atoms with van der Waals surface area (Å²) in [5.74, 6) is -0.569. The minimum atomic E-state index is -0.457. The lowest BCUT2D eigenvalue weighted by atomic mass is 10.2. The van der Waals surface area contributed by atoms with Gasteiger partial charge in [0.2, 0.25) is 0 Å². The molecule has 0 spiro atoms. The maximum absolute atomic E-state index is 14.4. The van der Waals surface area contributed by atoms with E-state index in [1.807, 2.05) is 6.92 Å². The largest absolute Gasteiger partial charge is 0.490 e. The minimum Gasteiger partial charge on any atom is -0.490 e. The van der Waals surface area contributed by atoms with Gasteiger partial charge in [0.25, 0.3) is 5.91 Å². The van der Waals surface area contributed by atoms with Crippen LogP contribution in [0.5, 0.6) is 5.75 Å². The number of ether oxygens (including phenoxy) is 1. The van der Waals surface area contributed by atoms with Crippen molar-refractivity contribution in [3.8, 4) is 5.75 Å². The summed E-state index contributed by atoms with van der Waals surface area (Å²) in [5, 5.41) is 6.95. The lowest BCUT2D eigenvalue weighted by molar-refractivity contribution is 0.0941. The monoisotopic (exact) mass is 331 g/mol. The number of nitrogens with zero attached hydrogens (tertiary/aromatic N) is 2. The molecule has 0 atom stereocenters. The van der Waals surface area contributed by atoms with Gasteiger partial charge in [-0.05, 0) is 25.0 Å². The van der Waals surface area contributed by atoms with Crippen LogP contribution in [0.25, 0.3) is 0 Å². The van der Waals surface area contributed by atoms with Crippen LogP contribution in [0.3, 0.4) is 0 Å². The van der Waals surface area contributed by atoms with Crippen molar-refractivity contribution in [2.24, 2.45) is 7.05 Å². The number of aromatic nitrogens is 2.